The minimum Gasteiger partial charge on any atom is -0.493 e. The van der Waals surface area contributed by atoms with Gasteiger partial charge in [0.2, 0.25) is 0 Å². The lowest BCUT2D eigenvalue weighted by atomic mass is 10.1. The molecule has 2 aromatic rings. The summed E-state index contributed by atoms with van der Waals surface area (Å²) >= 11 is 3.51. The van der Waals surface area contributed by atoms with E-state index < -0.39 is 0 Å². The lowest BCUT2D eigenvalue weighted by Crippen LogP contribution is -2.19. The molecule has 0 aliphatic rings. The molecule has 1 N–H and O–H groups in total. The second kappa shape index (κ2) is 7.61. The number of nitrogens with one attached hydrogen (secondary N) is 1. The molecule has 114 valence electrons. The van der Waals surface area contributed by atoms with Crippen LogP contribution in [-0.4, -0.2) is 22.9 Å². The van der Waals surface area contributed by atoms with Crippen molar-refractivity contribution in [3.05, 3.63) is 46.2 Å². The summed E-state index contributed by atoms with van der Waals surface area (Å²) in [5, 5.41) is 7.60. The summed E-state index contributed by atoms with van der Waals surface area (Å²) in [4.78, 5) is 0. The zero-order valence-corrected chi connectivity index (χ0v) is 14.4. The Kier molecular flexibility index (Phi) is 5.82. The second-order valence-electron chi connectivity index (χ2n) is 5.01. The van der Waals surface area contributed by atoms with Gasteiger partial charge in [-0.25, -0.2) is 0 Å². The first-order valence-corrected chi connectivity index (χ1v) is 8.03. The van der Waals surface area contributed by atoms with E-state index in [4.69, 9.17) is 4.74 Å². The molecule has 0 fully saturated rings. The van der Waals surface area contributed by atoms with Crippen LogP contribution in [0.1, 0.15) is 31.1 Å². The zero-order chi connectivity index (χ0) is 15.2. The molecule has 1 heterocycles. The van der Waals surface area contributed by atoms with Gasteiger partial charge in [0.1, 0.15) is 5.75 Å². The Morgan fingerprint density at radius 2 is 2.19 bits per heavy atom. The van der Waals surface area contributed by atoms with Crippen molar-refractivity contribution in [1.82, 2.24) is 15.1 Å². The maximum atomic E-state index is 6.00. The minimum atomic E-state index is 0.273. The average molecular weight is 352 g/mol. The van der Waals surface area contributed by atoms with Gasteiger partial charge in [0.05, 0.1) is 6.61 Å². The van der Waals surface area contributed by atoms with Crippen molar-refractivity contribution in [3.63, 3.8) is 0 Å². The molecule has 5 heteroatoms. The first kappa shape index (κ1) is 16.0. The number of halogens is 1. The first-order chi connectivity index (χ1) is 10.1. The predicted molar refractivity (Wildman–Crippen MR) is 88.6 cm³/mol. The van der Waals surface area contributed by atoms with Crippen LogP contribution < -0.4 is 10.1 Å². The lowest BCUT2D eigenvalue weighted by molar-refractivity contribution is 0.312. The van der Waals surface area contributed by atoms with E-state index in [0.29, 0.717) is 6.61 Å². The van der Waals surface area contributed by atoms with Gasteiger partial charge in [0, 0.05) is 41.4 Å². The molecule has 0 aliphatic carbocycles. The lowest BCUT2D eigenvalue weighted by Gasteiger charge is -2.18. The standard InChI is InChI=1S/C16H22BrN3O/c1-4-18-12(2)15-6-5-13(17)11-16(15)21-10-8-14-7-9-19-20(14)3/h5-7,9,11-12,18H,4,8,10H2,1-3H3. The van der Waals surface area contributed by atoms with Crippen molar-refractivity contribution in [1.29, 1.82) is 0 Å². The topological polar surface area (TPSA) is 39.1 Å². The summed E-state index contributed by atoms with van der Waals surface area (Å²) in [5.74, 6) is 0.931. The van der Waals surface area contributed by atoms with Gasteiger partial charge in [-0.3, -0.25) is 4.68 Å². The number of hydrogen-bond acceptors (Lipinski definition) is 3. The van der Waals surface area contributed by atoms with Gasteiger partial charge < -0.3 is 10.1 Å². The molecular formula is C16H22BrN3O. The molecule has 0 aliphatic heterocycles. The average Bonchev–Trinajstić information content (AvgIpc) is 2.85. The third-order valence-electron chi connectivity index (χ3n) is 3.49. The number of ether oxygens (including phenoxy) is 1. The second-order valence-corrected chi connectivity index (χ2v) is 5.92. The van der Waals surface area contributed by atoms with Gasteiger partial charge in [0.15, 0.2) is 0 Å². The SMILES string of the molecule is CCNC(C)c1ccc(Br)cc1OCCc1ccnn1C. The molecule has 4 nitrogen and oxygen atoms in total. The first-order valence-electron chi connectivity index (χ1n) is 7.24. The Hall–Kier alpha value is -1.33. The third kappa shape index (κ3) is 4.32. The number of rotatable bonds is 7. The van der Waals surface area contributed by atoms with Crippen LogP contribution in [0.5, 0.6) is 5.75 Å². The molecule has 0 saturated carbocycles. The molecule has 0 saturated heterocycles. The number of nitrogens with zero attached hydrogens (tertiary/aromatic N) is 2. The number of hydrogen-bond donors (Lipinski definition) is 1. The quantitative estimate of drug-likeness (QED) is 0.829. The van der Waals surface area contributed by atoms with Gasteiger partial charge in [0.25, 0.3) is 0 Å². The van der Waals surface area contributed by atoms with Crippen molar-refractivity contribution in [2.45, 2.75) is 26.3 Å². The maximum absolute atomic E-state index is 6.00. The molecular weight excluding hydrogens is 330 g/mol. The van der Waals surface area contributed by atoms with E-state index in [9.17, 15) is 0 Å². The Morgan fingerprint density at radius 3 is 2.86 bits per heavy atom. The molecule has 0 amide bonds. The van der Waals surface area contributed by atoms with Crippen LogP contribution in [-0.2, 0) is 13.5 Å². The van der Waals surface area contributed by atoms with Crippen LogP contribution in [0.15, 0.2) is 34.9 Å². The zero-order valence-electron chi connectivity index (χ0n) is 12.8. The van der Waals surface area contributed by atoms with E-state index in [2.05, 4.69) is 52.3 Å². The minimum absolute atomic E-state index is 0.273. The number of benzene rings is 1. The Bertz CT molecular complexity index is 583. The fourth-order valence-corrected chi connectivity index (χ4v) is 2.66. The van der Waals surface area contributed by atoms with Crippen molar-refractivity contribution >= 4 is 15.9 Å². The third-order valence-corrected chi connectivity index (χ3v) is 3.98. The van der Waals surface area contributed by atoms with E-state index >= 15 is 0 Å². The van der Waals surface area contributed by atoms with Crippen LogP contribution in [0, 0.1) is 0 Å². The molecule has 2 rings (SSSR count). The fraction of sp³-hybridized carbons (Fsp3) is 0.438. The van der Waals surface area contributed by atoms with Gasteiger partial charge >= 0.3 is 0 Å². The molecule has 1 aromatic carbocycles. The highest BCUT2D eigenvalue weighted by Crippen LogP contribution is 2.28. The maximum Gasteiger partial charge on any atom is 0.125 e. The van der Waals surface area contributed by atoms with Crippen molar-refractivity contribution in [3.8, 4) is 5.75 Å². The highest BCUT2D eigenvalue weighted by Gasteiger charge is 2.11. The Labute approximate surface area is 134 Å². The molecule has 0 spiro atoms. The van der Waals surface area contributed by atoms with Gasteiger partial charge in [-0.15, -0.1) is 0 Å². The van der Waals surface area contributed by atoms with E-state index in [0.717, 1.165) is 23.2 Å². The summed E-state index contributed by atoms with van der Waals surface area (Å²) in [6.45, 7) is 5.84. The van der Waals surface area contributed by atoms with Crippen molar-refractivity contribution in [2.24, 2.45) is 7.05 Å². The highest BCUT2D eigenvalue weighted by atomic mass is 79.9. The molecule has 1 unspecified atom stereocenters. The number of aryl methyl sites for hydroxylation is 1. The molecule has 1 atom stereocenters. The van der Waals surface area contributed by atoms with E-state index in [1.165, 1.54) is 11.3 Å². The Morgan fingerprint density at radius 1 is 1.38 bits per heavy atom. The van der Waals surface area contributed by atoms with Crippen LogP contribution >= 0.6 is 15.9 Å². The van der Waals surface area contributed by atoms with E-state index in [-0.39, 0.29) is 6.04 Å². The van der Waals surface area contributed by atoms with Crippen molar-refractivity contribution in [2.75, 3.05) is 13.2 Å². The van der Waals surface area contributed by atoms with Gasteiger partial charge in [-0.05, 0) is 31.7 Å². The molecule has 21 heavy (non-hydrogen) atoms. The summed E-state index contributed by atoms with van der Waals surface area (Å²) in [7, 11) is 1.95. The normalized spacial score (nSPS) is 12.4. The monoisotopic (exact) mass is 351 g/mol. The smallest absolute Gasteiger partial charge is 0.125 e. The predicted octanol–water partition coefficient (Wildman–Crippen LogP) is 3.47. The summed E-state index contributed by atoms with van der Waals surface area (Å²) in [6.07, 6.45) is 2.66. The van der Waals surface area contributed by atoms with Crippen LogP contribution in [0.2, 0.25) is 0 Å². The summed E-state index contributed by atoms with van der Waals surface area (Å²) in [6, 6.07) is 8.49. The highest BCUT2D eigenvalue weighted by molar-refractivity contribution is 9.10. The number of aromatic nitrogens is 2. The summed E-state index contributed by atoms with van der Waals surface area (Å²) in [5.41, 5.74) is 2.36. The molecule has 0 radical (unpaired) electrons. The molecule has 0 bridgehead atoms. The van der Waals surface area contributed by atoms with E-state index in [1.807, 2.05) is 30.1 Å². The van der Waals surface area contributed by atoms with Crippen LogP contribution in [0.3, 0.4) is 0 Å². The molecule has 1 aromatic heterocycles. The van der Waals surface area contributed by atoms with Crippen LogP contribution in [0.25, 0.3) is 0 Å². The summed E-state index contributed by atoms with van der Waals surface area (Å²) < 4.78 is 8.92. The van der Waals surface area contributed by atoms with Crippen LogP contribution in [0.4, 0.5) is 0 Å². The Balaban J connectivity index is 2.04. The van der Waals surface area contributed by atoms with Crippen molar-refractivity contribution < 1.29 is 4.74 Å². The largest absolute Gasteiger partial charge is 0.493 e. The fourth-order valence-electron chi connectivity index (χ4n) is 2.32. The van der Waals surface area contributed by atoms with Gasteiger partial charge in [-0.2, -0.15) is 5.10 Å². The van der Waals surface area contributed by atoms with E-state index in [1.54, 1.807) is 0 Å². The van der Waals surface area contributed by atoms with Gasteiger partial charge in [-0.1, -0.05) is 28.9 Å².